The summed E-state index contributed by atoms with van der Waals surface area (Å²) in [6.07, 6.45) is 4.45. The van der Waals surface area contributed by atoms with Crippen LogP contribution in [0.5, 0.6) is 5.75 Å². The molecule has 178 valence electrons. The van der Waals surface area contributed by atoms with E-state index in [-0.39, 0.29) is 11.5 Å². The van der Waals surface area contributed by atoms with Crippen molar-refractivity contribution in [2.45, 2.75) is 26.3 Å². The number of carbonyl (C=O) groups excluding carboxylic acids is 1. The first-order valence-electron chi connectivity index (χ1n) is 11.9. The summed E-state index contributed by atoms with van der Waals surface area (Å²) in [5, 5.41) is 3.97. The van der Waals surface area contributed by atoms with Crippen LogP contribution < -0.4 is 10.1 Å². The lowest BCUT2D eigenvalue weighted by atomic mass is 10.0. The number of carbonyl (C=O) groups is 1. The zero-order valence-electron chi connectivity index (χ0n) is 20.0. The van der Waals surface area contributed by atoms with Gasteiger partial charge < -0.3 is 10.1 Å². The molecule has 0 aliphatic carbocycles. The number of methoxy groups -OCH3 is 1. The molecule has 0 atom stereocenters. The van der Waals surface area contributed by atoms with Gasteiger partial charge in [0, 0.05) is 34.9 Å². The number of benzene rings is 3. The van der Waals surface area contributed by atoms with Gasteiger partial charge in [0.2, 0.25) is 0 Å². The lowest BCUT2D eigenvalue weighted by Crippen LogP contribution is -2.18. The van der Waals surface area contributed by atoms with Crippen molar-refractivity contribution in [3.05, 3.63) is 89.4 Å². The Labute approximate surface area is 204 Å². The van der Waals surface area contributed by atoms with Crippen molar-refractivity contribution in [3.63, 3.8) is 0 Å². The number of pyridine rings is 1. The third kappa shape index (κ3) is 4.88. The molecule has 6 heteroatoms. The maximum Gasteiger partial charge on any atom is 0.255 e. The number of anilines is 1. The number of nitrogens with one attached hydrogen (secondary N) is 1. The van der Waals surface area contributed by atoms with Crippen molar-refractivity contribution < 1.29 is 13.9 Å². The first-order chi connectivity index (χ1) is 17.0. The number of likely N-dealkylation sites (tertiary alicyclic amines) is 1. The highest BCUT2D eigenvalue weighted by atomic mass is 19.1. The summed E-state index contributed by atoms with van der Waals surface area (Å²) in [5.41, 5.74) is 5.02. The molecule has 4 aromatic rings. The summed E-state index contributed by atoms with van der Waals surface area (Å²) < 4.78 is 20.0. The van der Waals surface area contributed by atoms with Crippen LogP contribution in [0.4, 0.5) is 10.1 Å². The first-order valence-corrected chi connectivity index (χ1v) is 11.9. The molecule has 2 heterocycles. The quantitative estimate of drug-likeness (QED) is 0.365. The lowest BCUT2D eigenvalue weighted by molar-refractivity contribution is 0.102. The van der Waals surface area contributed by atoms with Gasteiger partial charge in [-0.1, -0.05) is 24.3 Å². The van der Waals surface area contributed by atoms with E-state index in [9.17, 15) is 9.18 Å². The number of rotatable bonds is 6. The molecular weight excluding hydrogens is 441 g/mol. The van der Waals surface area contributed by atoms with Gasteiger partial charge in [0.15, 0.2) is 0 Å². The Morgan fingerprint density at radius 2 is 1.83 bits per heavy atom. The van der Waals surface area contributed by atoms with Crippen LogP contribution in [-0.2, 0) is 6.54 Å². The molecule has 0 spiro atoms. The van der Waals surface area contributed by atoms with E-state index in [1.165, 1.54) is 24.5 Å². The molecular formula is C29H28FN3O2. The van der Waals surface area contributed by atoms with Gasteiger partial charge in [0.1, 0.15) is 11.6 Å². The monoisotopic (exact) mass is 469 g/mol. The Morgan fingerprint density at radius 3 is 2.54 bits per heavy atom. The fourth-order valence-corrected chi connectivity index (χ4v) is 4.67. The topological polar surface area (TPSA) is 54.5 Å². The number of aryl methyl sites for hydroxylation is 1. The van der Waals surface area contributed by atoms with Crippen molar-refractivity contribution in [3.8, 4) is 16.9 Å². The molecule has 0 radical (unpaired) electrons. The van der Waals surface area contributed by atoms with E-state index in [0.717, 1.165) is 41.7 Å². The average molecular weight is 470 g/mol. The molecule has 3 aromatic carbocycles. The Hall–Kier alpha value is -3.77. The number of hydrogen-bond acceptors (Lipinski definition) is 4. The van der Waals surface area contributed by atoms with Crippen LogP contribution in [0.1, 0.15) is 34.3 Å². The van der Waals surface area contributed by atoms with E-state index in [0.29, 0.717) is 17.0 Å². The molecule has 1 amide bonds. The molecule has 1 saturated heterocycles. The van der Waals surface area contributed by atoms with E-state index in [2.05, 4.69) is 21.3 Å². The lowest BCUT2D eigenvalue weighted by Gasteiger charge is -2.15. The molecule has 1 aromatic heterocycles. The minimum absolute atomic E-state index is 0.258. The summed E-state index contributed by atoms with van der Waals surface area (Å²) in [7, 11) is 1.59. The summed E-state index contributed by atoms with van der Waals surface area (Å²) in [5.74, 6) is -0.114. The zero-order valence-corrected chi connectivity index (χ0v) is 20.0. The van der Waals surface area contributed by atoms with E-state index >= 15 is 0 Å². The summed E-state index contributed by atoms with van der Waals surface area (Å²) in [6.45, 7) is 5.14. The van der Waals surface area contributed by atoms with Crippen LogP contribution in [-0.4, -0.2) is 36.0 Å². The van der Waals surface area contributed by atoms with E-state index in [1.807, 2.05) is 25.3 Å². The highest BCUT2D eigenvalue weighted by Crippen LogP contribution is 2.28. The van der Waals surface area contributed by atoms with Gasteiger partial charge in [-0.05, 0) is 85.9 Å². The summed E-state index contributed by atoms with van der Waals surface area (Å²) in [6, 6.07) is 17.7. The Bertz CT molecular complexity index is 1380. The first kappa shape index (κ1) is 23.0. The molecule has 0 saturated carbocycles. The SMILES string of the molecule is COc1ccc(-c2ccc(C(=O)Nc3ccc4cc(CN5CCCC5)cnc4c3C)cc2F)cc1. The smallest absolute Gasteiger partial charge is 0.255 e. The van der Waals surface area contributed by atoms with Crippen LogP contribution in [0, 0.1) is 12.7 Å². The van der Waals surface area contributed by atoms with Gasteiger partial charge >= 0.3 is 0 Å². The molecule has 1 N–H and O–H groups in total. The minimum Gasteiger partial charge on any atom is -0.497 e. The highest BCUT2D eigenvalue weighted by molar-refractivity contribution is 6.06. The number of amides is 1. The minimum atomic E-state index is -0.453. The summed E-state index contributed by atoms with van der Waals surface area (Å²) >= 11 is 0. The number of ether oxygens (including phenoxy) is 1. The summed E-state index contributed by atoms with van der Waals surface area (Å²) in [4.78, 5) is 20.0. The van der Waals surface area contributed by atoms with E-state index in [1.54, 1.807) is 43.5 Å². The molecule has 5 rings (SSSR count). The van der Waals surface area contributed by atoms with Crippen LogP contribution >= 0.6 is 0 Å². The average Bonchev–Trinajstić information content (AvgIpc) is 3.39. The van der Waals surface area contributed by atoms with Gasteiger partial charge in [-0.25, -0.2) is 4.39 Å². The number of fused-ring (bicyclic) bond motifs is 1. The molecule has 0 unspecified atom stereocenters. The molecule has 5 nitrogen and oxygen atoms in total. The van der Waals surface area contributed by atoms with Crippen molar-refractivity contribution >= 4 is 22.5 Å². The second-order valence-corrected chi connectivity index (χ2v) is 9.01. The van der Waals surface area contributed by atoms with E-state index < -0.39 is 5.82 Å². The molecule has 1 fully saturated rings. The van der Waals surface area contributed by atoms with E-state index in [4.69, 9.17) is 4.74 Å². The third-order valence-corrected chi connectivity index (χ3v) is 6.65. The van der Waals surface area contributed by atoms with Crippen molar-refractivity contribution in [1.82, 2.24) is 9.88 Å². The van der Waals surface area contributed by atoms with Crippen molar-refractivity contribution in [2.75, 3.05) is 25.5 Å². The maximum absolute atomic E-state index is 14.9. The maximum atomic E-state index is 14.9. The predicted molar refractivity (Wildman–Crippen MR) is 137 cm³/mol. The van der Waals surface area contributed by atoms with Crippen LogP contribution in [0.2, 0.25) is 0 Å². The van der Waals surface area contributed by atoms with Crippen molar-refractivity contribution in [2.24, 2.45) is 0 Å². The van der Waals surface area contributed by atoms with Crippen LogP contribution in [0.3, 0.4) is 0 Å². The van der Waals surface area contributed by atoms with Gasteiger partial charge in [0.25, 0.3) is 5.91 Å². The number of halogens is 1. The Kier molecular flexibility index (Phi) is 6.47. The fourth-order valence-electron chi connectivity index (χ4n) is 4.67. The predicted octanol–water partition coefficient (Wildman–Crippen LogP) is 6.21. The molecule has 35 heavy (non-hydrogen) atoms. The largest absolute Gasteiger partial charge is 0.497 e. The molecule has 1 aliphatic heterocycles. The van der Waals surface area contributed by atoms with Crippen molar-refractivity contribution in [1.29, 1.82) is 0 Å². The number of nitrogens with zero attached hydrogens (tertiary/aromatic N) is 2. The van der Waals surface area contributed by atoms with Crippen LogP contribution in [0.15, 0.2) is 66.9 Å². The Balaban J connectivity index is 1.33. The number of hydrogen-bond donors (Lipinski definition) is 1. The van der Waals surface area contributed by atoms with Gasteiger partial charge in [-0.2, -0.15) is 0 Å². The molecule has 0 bridgehead atoms. The second-order valence-electron chi connectivity index (χ2n) is 9.01. The Morgan fingerprint density at radius 1 is 1.06 bits per heavy atom. The normalized spacial score (nSPS) is 13.8. The standard InChI is InChI=1S/C29H28FN3O2/c1-19-27(12-8-22-15-20(17-31-28(19)22)18-33-13-3-4-14-33)32-29(34)23-7-11-25(26(30)16-23)21-5-9-24(35-2)10-6-21/h5-12,15-17H,3-4,13-14,18H2,1-2H3,(H,32,34). The molecule has 1 aliphatic rings. The second kappa shape index (κ2) is 9.84. The zero-order chi connectivity index (χ0) is 24.4. The van der Waals surface area contributed by atoms with Crippen LogP contribution in [0.25, 0.3) is 22.0 Å². The fraction of sp³-hybridized carbons (Fsp3) is 0.241. The van der Waals surface area contributed by atoms with Gasteiger partial charge in [0.05, 0.1) is 12.6 Å². The third-order valence-electron chi connectivity index (χ3n) is 6.65. The van der Waals surface area contributed by atoms with Gasteiger partial charge in [-0.3, -0.25) is 14.7 Å². The number of aromatic nitrogens is 1. The highest BCUT2D eigenvalue weighted by Gasteiger charge is 2.15. The van der Waals surface area contributed by atoms with Gasteiger partial charge in [-0.15, -0.1) is 0 Å².